The third kappa shape index (κ3) is 5.34. The quantitative estimate of drug-likeness (QED) is 0.586. The fourth-order valence-electron chi connectivity index (χ4n) is 3.31. The maximum absolute atomic E-state index is 12.8. The van der Waals surface area contributed by atoms with E-state index < -0.39 is 34.9 Å². The number of nitrogens with one attached hydrogen (secondary N) is 1. The number of hydrogen-bond acceptors (Lipinski definition) is 7. The Morgan fingerprint density at radius 3 is 2.69 bits per heavy atom. The first-order valence-electron chi connectivity index (χ1n) is 9.40. The molecule has 2 N–H and O–H groups in total. The molecule has 0 unspecified atom stereocenters. The van der Waals surface area contributed by atoms with Crippen LogP contribution < -0.4 is 9.46 Å². The Morgan fingerprint density at radius 1 is 1.28 bits per heavy atom. The molecular formula is C19H26N2O7S. The Kier molecular flexibility index (Phi) is 7.25. The van der Waals surface area contributed by atoms with Crippen LogP contribution in [0.25, 0.3) is 0 Å². The average molecular weight is 426 g/mol. The standard InChI is InChI=1S/C19H26N2O7S/c1-26-16-4-2-3-5-18(16)29(24,25)20-15-7-6-14(28-17(15)13-22)12-19(23)21-8-10-27-11-9-21/h2-7,14-15,17,20,22H,8-13H2,1H3/t14-,15+,17-/m1/s1. The number of aliphatic hydroxyl groups excluding tert-OH is 1. The van der Waals surface area contributed by atoms with Gasteiger partial charge in [-0.1, -0.05) is 24.3 Å². The van der Waals surface area contributed by atoms with Crippen molar-refractivity contribution in [3.8, 4) is 5.75 Å². The van der Waals surface area contributed by atoms with Crippen LogP contribution in [0.5, 0.6) is 5.75 Å². The zero-order chi connectivity index (χ0) is 20.9. The molecular weight excluding hydrogens is 400 g/mol. The van der Waals surface area contributed by atoms with E-state index in [9.17, 15) is 18.3 Å². The molecule has 0 spiro atoms. The third-order valence-electron chi connectivity index (χ3n) is 4.85. The Labute approximate surface area is 170 Å². The number of para-hydroxylation sites is 1. The molecule has 2 aliphatic heterocycles. The van der Waals surface area contributed by atoms with Gasteiger partial charge in [0.05, 0.1) is 45.5 Å². The molecule has 1 aromatic rings. The molecule has 3 rings (SSSR count). The summed E-state index contributed by atoms with van der Waals surface area (Å²) in [6.07, 6.45) is 2.05. The minimum Gasteiger partial charge on any atom is -0.495 e. The number of morpholine rings is 1. The van der Waals surface area contributed by atoms with Crippen LogP contribution in [0, 0.1) is 0 Å². The molecule has 1 aromatic carbocycles. The zero-order valence-electron chi connectivity index (χ0n) is 16.2. The summed E-state index contributed by atoms with van der Waals surface area (Å²) in [6, 6.07) is 5.49. The first-order valence-corrected chi connectivity index (χ1v) is 10.9. The summed E-state index contributed by atoms with van der Waals surface area (Å²) in [7, 11) is -2.52. The highest BCUT2D eigenvalue weighted by molar-refractivity contribution is 7.89. The molecule has 0 saturated carbocycles. The van der Waals surface area contributed by atoms with Gasteiger partial charge in [-0.3, -0.25) is 4.79 Å². The van der Waals surface area contributed by atoms with E-state index in [1.54, 1.807) is 35.3 Å². The van der Waals surface area contributed by atoms with Gasteiger partial charge < -0.3 is 24.2 Å². The van der Waals surface area contributed by atoms with Crippen LogP contribution in [0.4, 0.5) is 0 Å². The maximum atomic E-state index is 12.8. The number of carbonyl (C=O) groups excluding carboxylic acids is 1. The molecule has 1 fully saturated rings. The molecule has 2 heterocycles. The van der Waals surface area contributed by atoms with Gasteiger partial charge in [-0.25, -0.2) is 13.1 Å². The topological polar surface area (TPSA) is 114 Å². The number of aliphatic hydroxyl groups is 1. The number of rotatable bonds is 7. The van der Waals surface area contributed by atoms with Crippen molar-refractivity contribution in [2.75, 3.05) is 40.0 Å². The van der Waals surface area contributed by atoms with Crippen molar-refractivity contribution >= 4 is 15.9 Å². The van der Waals surface area contributed by atoms with E-state index in [0.717, 1.165) is 0 Å². The molecule has 0 bridgehead atoms. The molecule has 0 aromatic heterocycles. The van der Waals surface area contributed by atoms with Gasteiger partial charge in [0, 0.05) is 13.1 Å². The van der Waals surface area contributed by atoms with Crippen LogP contribution in [0.15, 0.2) is 41.3 Å². The van der Waals surface area contributed by atoms with Crippen LogP contribution in [0.2, 0.25) is 0 Å². The average Bonchev–Trinajstić information content (AvgIpc) is 2.75. The van der Waals surface area contributed by atoms with Crippen LogP contribution in [-0.4, -0.2) is 82.6 Å². The molecule has 29 heavy (non-hydrogen) atoms. The number of ether oxygens (including phenoxy) is 3. The van der Waals surface area contributed by atoms with E-state index in [0.29, 0.717) is 26.3 Å². The summed E-state index contributed by atoms with van der Waals surface area (Å²) < 4.78 is 44.2. The lowest BCUT2D eigenvalue weighted by molar-refractivity contribution is -0.139. The molecule has 0 radical (unpaired) electrons. The molecule has 10 heteroatoms. The Balaban J connectivity index is 1.67. The van der Waals surface area contributed by atoms with Gasteiger partial charge in [0.1, 0.15) is 16.7 Å². The predicted molar refractivity (Wildman–Crippen MR) is 104 cm³/mol. The maximum Gasteiger partial charge on any atom is 0.244 e. The monoisotopic (exact) mass is 426 g/mol. The Hall–Kier alpha value is -1.98. The lowest BCUT2D eigenvalue weighted by atomic mass is 10.1. The summed E-state index contributed by atoms with van der Waals surface area (Å²) in [4.78, 5) is 14.1. The van der Waals surface area contributed by atoms with Crippen LogP contribution in [0.3, 0.4) is 0 Å². The molecule has 9 nitrogen and oxygen atoms in total. The van der Waals surface area contributed by atoms with E-state index in [4.69, 9.17) is 14.2 Å². The lowest BCUT2D eigenvalue weighted by Crippen LogP contribution is -2.49. The minimum atomic E-state index is -3.91. The normalized spacial score (nSPS) is 25.0. The third-order valence-corrected chi connectivity index (χ3v) is 6.35. The largest absolute Gasteiger partial charge is 0.495 e. The van der Waals surface area contributed by atoms with Gasteiger partial charge in [0.2, 0.25) is 15.9 Å². The van der Waals surface area contributed by atoms with Crippen molar-refractivity contribution in [1.82, 2.24) is 9.62 Å². The van der Waals surface area contributed by atoms with Gasteiger partial charge in [-0.15, -0.1) is 0 Å². The Bertz CT molecular complexity index is 837. The molecule has 1 amide bonds. The fourth-order valence-corrected chi connectivity index (χ4v) is 4.70. The molecule has 1 saturated heterocycles. The summed E-state index contributed by atoms with van der Waals surface area (Å²) in [6.45, 7) is 1.71. The van der Waals surface area contributed by atoms with Crippen molar-refractivity contribution < 1.29 is 32.5 Å². The molecule has 3 atom stereocenters. The highest BCUT2D eigenvalue weighted by Crippen LogP contribution is 2.24. The second kappa shape index (κ2) is 9.68. The van der Waals surface area contributed by atoms with Crippen molar-refractivity contribution in [3.63, 3.8) is 0 Å². The SMILES string of the molecule is COc1ccccc1S(=O)(=O)N[C@H]1C=C[C@H](CC(=O)N2CCOCC2)O[C@@H]1CO. The summed E-state index contributed by atoms with van der Waals surface area (Å²) in [5.41, 5.74) is 0. The number of nitrogens with zero attached hydrogens (tertiary/aromatic N) is 1. The Morgan fingerprint density at radius 2 is 2.00 bits per heavy atom. The van der Waals surface area contributed by atoms with Crippen molar-refractivity contribution in [2.24, 2.45) is 0 Å². The smallest absolute Gasteiger partial charge is 0.244 e. The predicted octanol–water partition coefficient (Wildman–Crippen LogP) is -0.0931. The first kappa shape index (κ1) is 21.7. The van der Waals surface area contributed by atoms with Gasteiger partial charge in [0.15, 0.2) is 0 Å². The van der Waals surface area contributed by atoms with Gasteiger partial charge in [-0.2, -0.15) is 0 Å². The van der Waals surface area contributed by atoms with Crippen molar-refractivity contribution in [1.29, 1.82) is 0 Å². The summed E-state index contributed by atoms with van der Waals surface area (Å²) in [5.74, 6) is 0.155. The first-order chi connectivity index (χ1) is 13.9. The molecule has 160 valence electrons. The van der Waals surface area contributed by atoms with Gasteiger partial charge >= 0.3 is 0 Å². The molecule has 2 aliphatic rings. The van der Waals surface area contributed by atoms with Gasteiger partial charge in [0.25, 0.3) is 0 Å². The van der Waals surface area contributed by atoms with Crippen LogP contribution in [-0.2, 0) is 24.3 Å². The fraction of sp³-hybridized carbons (Fsp3) is 0.526. The van der Waals surface area contributed by atoms with Crippen molar-refractivity contribution in [2.45, 2.75) is 29.6 Å². The number of carbonyl (C=O) groups is 1. The van der Waals surface area contributed by atoms with Crippen LogP contribution >= 0.6 is 0 Å². The zero-order valence-corrected chi connectivity index (χ0v) is 17.0. The van der Waals surface area contributed by atoms with E-state index in [-0.39, 0.29) is 23.0 Å². The van der Waals surface area contributed by atoms with E-state index in [1.165, 1.54) is 13.2 Å². The number of sulfonamides is 1. The van der Waals surface area contributed by atoms with Gasteiger partial charge in [-0.05, 0) is 12.1 Å². The van der Waals surface area contributed by atoms with Crippen LogP contribution in [0.1, 0.15) is 6.42 Å². The summed E-state index contributed by atoms with van der Waals surface area (Å²) in [5, 5.41) is 9.70. The number of amides is 1. The minimum absolute atomic E-state index is 0.00258. The second-order valence-electron chi connectivity index (χ2n) is 6.78. The molecule has 0 aliphatic carbocycles. The lowest BCUT2D eigenvalue weighted by Gasteiger charge is -2.33. The summed E-state index contributed by atoms with van der Waals surface area (Å²) >= 11 is 0. The van der Waals surface area contributed by atoms with E-state index >= 15 is 0 Å². The van der Waals surface area contributed by atoms with E-state index in [1.807, 2.05) is 0 Å². The number of methoxy groups -OCH3 is 1. The van der Waals surface area contributed by atoms with E-state index in [2.05, 4.69) is 4.72 Å². The second-order valence-corrected chi connectivity index (χ2v) is 8.46. The highest BCUT2D eigenvalue weighted by Gasteiger charge is 2.33. The highest BCUT2D eigenvalue weighted by atomic mass is 32.2. The number of benzene rings is 1. The van der Waals surface area contributed by atoms with Crippen molar-refractivity contribution in [3.05, 3.63) is 36.4 Å². The number of hydrogen-bond donors (Lipinski definition) is 2.